The number of carbonyl (C=O) groups excluding carboxylic acids is 1. The van der Waals surface area contributed by atoms with Crippen molar-refractivity contribution in [1.82, 2.24) is 12.3 Å². The van der Waals surface area contributed by atoms with Crippen LogP contribution in [0.25, 0.3) is 0 Å². The third kappa shape index (κ3) is 21.8. The first-order valence-electron chi connectivity index (χ1n) is 6.93. The second kappa shape index (κ2) is 21.9. The molecule has 0 bridgehead atoms. The number of aliphatic hydroxyl groups is 4. The second-order valence-electron chi connectivity index (χ2n) is 4.74. The lowest BCUT2D eigenvalue weighted by atomic mass is 9.93. The molecule has 27 heavy (non-hydrogen) atoms. The molecule has 0 saturated carbocycles. The fourth-order valence-electron chi connectivity index (χ4n) is 0.786. The van der Waals surface area contributed by atoms with Gasteiger partial charge in [-0.3, -0.25) is 9.59 Å². The predicted octanol–water partition coefficient (Wildman–Crippen LogP) is -2.13. The van der Waals surface area contributed by atoms with Crippen LogP contribution < -0.4 is 18.0 Å². The van der Waals surface area contributed by atoms with Crippen LogP contribution in [0, 0.1) is 5.41 Å². The smallest absolute Gasteiger partial charge is 0.329 e. The summed E-state index contributed by atoms with van der Waals surface area (Å²) in [6.07, 6.45) is 0.887. The van der Waals surface area contributed by atoms with Gasteiger partial charge in [0.1, 0.15) is 6.04 Å². The molecule has 0 amide bonds. The third-order valence-corrected chi connectivity index (χ3v) is 2.70. The van der Waals surface area contributed by atoms with Crippen molar-refractivity contribution >= 4 is 17.9 Å². The Hall–Kier alpha value is -2.13. The maximum atomic E-state index is 9.99. The number of esters is 1. The molecule has 0 saturated heterocycles. The van der Waals surface area contributed by atoms with Crippen LogP contribution in [0.2, 0.25) is 0 Å². The van der Waals surface area contributed by atoms with Crippen molar-refractivity contribution in [2.45, 2.75) is 18.9 Å². The molecule has 1 unspecified atom stereocenters. The van der Waals surface area contributed by atoms with Crippen molar-refractivity contribution in [3.05, 3.63) is 12.7 Å². The van der Waals surface area contributed by atoms with Crippen LogP contribution >= 0.6 is 0 Å². The zero-order valence-corrected chi connectivity index (χ0v) is 15.4. The molecular formula is C14H33N3O10. The highest BCUT2D eigenvalue weighted by Gasteiger charge is 2.26. The van der Waals surface area contributed by atoms with Crippen LogP contribution in [0.4, 0.5) is 0 Å². The topological polar surface area (TPSA) is 278 Å². The molecule has 0 aliphatic heterocycles. The van der Waals surface area contributed by atoms with E-state index >= 15 is 0 Å². The van der Waals surface area contributed by atoms with E-state index < -0.39 is 55.8 Å². The number of aliphatic carboxylic acids is 2. The Morgan fingerprint density at radius 2 is 1.41 bits per heavy atom. The number of rotatable bonds is 9. The highest BCUT2D eigenvalue weighted by atomic mass is 16.5. The van der Waals surface area contributed by atoms with Crippen LogP contribution in [0.3, 0.4) is 0 Å². The first-order chi connectivity index (χ1) is 11.6. The van der Waals surface area contributed by atoms with E-state index in [1.807, 2.05) is 0 Å². The average molecular weight is 403 g/mol. The fourth-order valence-corrected chi connectivity index (χ4v) is 0.786. The molecule has 13 nitrogen and oxygen atoms in total. The molecule has 0 radical (unpaired) electrons. The van der Waals surface area contributed by atoms with E-state index in [9.17, 15) is 14.4 Å². The van der Waals surface area contributed by atoms with Crippen molar-refractivity contribution < 1.29 is 49.8 Å². The van der Waals surface area contributed by atoms with Crippen molar-refractivity contribution in [3.8, 4) is 0 Å². The quantitative estimate of drug-likeness (QED) is 0.147. The van der Waals surface area contributed by atoms with Gasteiger partial charge in [-0.05, 0) is 6.42 Å². The summed E-state index contributed by atoms with van der Waals surface area (Å²) >= 11 is 0. The minimum Gasteiger partial charge on any atom is -0.481 e. The second-order valence-corrected chi connectivity index (χ2v) is 4.74. The van der Waals surface area contributed by atoms with Gasteiger partial charge < -0.3 is 53.4 Å². The van der Waals surface area contributed by atoms with Crippen molar-refractivity contribution in [2.75, 3.05) is 33.5 Å². The van der Waals surface area contributed by atoms with E-state index in [2.05, 4.69) is 11.3 Å². The normalized spacial score (nSPS) is 10.1. The molecule has 13 heteroatoms. The van der Waals surface area contributed by atoms with E-state index in [0.29, 0.717) is 0 Å². The van der Waals surface area contributed by atoms with Crippen LogP contribution in [0.15, 0.2) is 12.7 Å². The first kappa shape index (κ1) is 35.9. The Morgan fingerprint density at radius 1 is 1.04 bits per heavy atom. The van der Waals surface area contributed by atoms with Crippen LogP contribution in [0.1, 0.15) is 12.8 Å². The van der Waals surface area contributed by atoms with Crippen LogP contribution in [-0.2, 0) is 19.1 Å². The van der Waals surface area contributed by atoms with E-state index in [1.165, 1.54) is 7.11 Å². The summed E-state index contributed by atoms with van der Waals surface area (Å²) in [6, 6.07) is -1.06. The van der Waals surface area contributed by atoms with Crippen LogP contribution in [0.5, 0.6) is 0 Å². The fraction of sp³-hybridized carbons (Fsp3) is 0.643. The number of carboxylic acid groups (broad SMARTS) is 2. The van der Waals surface area contributed by atoms with Gasteiger partial charge >= 0.3 is 17.9 Å². The zero-order valence-electron chi connectivity index (χ0n) is 15.4. The minimum absolute atomic E-state index is 0. The summed E-state index contributed by atoms with van der Waals surface area (Å²) in [5.74, 6) is -2.59. The van der Waals surface area contributed by atoms with Gasteiger partial charge in [0.05, 0.1) is 39.0 Å². The molecule has 0 spiro atoms. The number of hydrogen-bond acceptors (Lipinski definition) is 11. The molecule has 0 aromatic heterocycles. The van der Waals surface area contributed by atoms with Gasteiger partial charge in [0.2, 0.25) is 0 Å². The summed E-state index contributed by atoms with van der Waals surface area (Å²) in [7, 11) is 1.31. The van der Waals surface area contributed by atoms with Gasteiger partial charge in [0.25, 0.3) is 0 Å². The van der Waals surface area contributed by atoms with Crippen LogP contribution in [-0.4, -0.2) is 88.1 Å². The lowest BCUT2D eigenvalue weighted by molar-refractivity contribution is -0.140. The number of aliphatic hydroxyl groups excluding tert-OH is 4. The van der Waals surface area contributed by atoms with Gasteiger partial charge in [0.15, 0.2) is 0 Å². The molecule has 1 atom stereocenters. The van der Waals surface area contributed by atoms with Gasteiger partial charge in [-0.25, -0.2) is 4.79 Å². The average Bonchev–Trinajstić information content (AvgIpc) is 2.62. The largest absolute Gasteiger partial charge is 0.481 e. The van der Waals surface area contributed by atoms with Gasteiger partial charge in [-0.15, -0.1) is 0 Å². The number of ether oxygens (including phenoxy) is 1. The van der Waals surface area contributed by atoms with E-state index in [0.717, 1.165) is 6.08 Å². The standard InChI is InChI=1S/C5H9NO4.C5H12O4.C4H6O2.2H3N/c6-3(5(9)10)1-2-4(7)8;6-1-5(2-7,3-8)4-9;1-3-4(5)6-2;;/h3H,1-2,6H2,(H,7,8)(H,9,10);6-9H,1-4H2;3H,1H2,2H3;2*1H3. The molecule has 0 rings (SSSR count). The number of nitrogens with two attached hydrogens (primary N) is 1. The number of carbonyl (C=O) groups is 3. The van der Waals surface area contributed by atoms with Crippen molar-refractivity contribution in [1.29, 1.82) is 0 Å². The maximum Gasteiger partial charge on any atom is 0.329 e. The highest BCUT2D eigenvalue weighted by molar-refractivity contribution is 5.80. The molecule has 0 fully saturated rings. The number of hydrogen-bond donors (Lipinski definition) is 9. The molecule has 0 aliphatic rings. The Morgan fingerprint density at radius 3 is 1.52 bits per heavy atom. The molecule has 0 aromatic rings. The lowest BCUT2D eigenvalue weighted by Gasteiger charge is -2.23. The zero-order chi connectivity index (χ0) is 20.5. The highest BCUT2D eigenvalue weighted by Crippen LogP contribution is 2.11. The predicted molar refractivity (Wildman–Crippen MR) is 95.5 cm³/mol. The monoisotopic (exact) mass is 403 g/mol. The summed E-state index contributed by atoms with van der Waals surface area (Å²) in [5.41, 5.74) is 3.89. The maximum absolute atomic E-state index is 9.99. The lowest BCUT2D eigenvalue weighted by Crippen LogP contribution is -2.37. The summed E-state index contributed by atoms with van der Waals surface area (Å²) < 4.78 is 4.14. The molecular weight excluding hydrogens is 370 g/mol. The van der Waals surface area contributed by atoms with Gasteiger partial charge in [-0.1, -0.05) is 6.58 Å². The summed E-state index contributed by atoms with van der Waals surface area (Å²) in [6.45, 7) is 1.53. The Kier molecular flexibility index (Phi) is 29.1. The van der Waals surface area contributed by atoms with Crippen molar-refractivity contribution in [3.63, 3.8) is 0 Å². The van der Waals surface area contributed by atoms with E-state index in [1.54, 1.807) is 0 Å². The number of methoxy groups -OCH3 is 1. The Bertz CT molecular complexity index is 385. The van der Waals surface area contributed by atoms with E-state index in [-0.39, 0.29) is 25.1 Å². The Balaban J connectivity index is -0.0000000889. The Labute approximate surface area is 157 Å². The minimum atomic E-state index is -1.17. The number of carboxylic acids is 2. The van der Waals surface area contributed by atoms with Crippen molar-refractivity contribution in [2.24, 2.45) is 11.1 Å². The van der Waals surface area contributed by atoms with Gasteiger partial charge in [0, 0.05) is 12.5 Å². The molecule has 164 valence electrons. The third-order valence-electron chi connectivity index (χ3n) is 2.70. The summed E-state index contributed by atoms with van der Waals surface area (Å²) in [4.78, 5) is 29.7. The van der Waals surface area contributed by atoms with E-state index in [4.69, 9.17) is 36.4 Å². The molecule has 0 aliphatic carbocycles. The first-order valence-corrected chi connectivity index (χ1v) is 6.93. The SMILES string of the molecule is C=CC(=O)OC.N.N.NC(CCC(=O)O)C(=O)O.OCC(CO)(CO)CO. The molecule has 0 heterocycles. The molecule has 14 N–H and O–H groups in total. The summed E-state index contributed by atoms with van der Waals surface area (Å²) in [5, 5.41) is 50.3. The van der Waals surface area contributed by atoms with Gasteiger partial charge in [-0.2, -0.15) is 0 Å². The molecule has 0 aromatic carbocycles.